The van der Waals surface area contributed by atoms with E-state index in [-0.39, 0.29) is 21.1 Å². The van der Waals surface area contributed by atoms with Crippen LogP contribution in [0, 0.1) is 12.3 Å². The van der Waals surface area contributed by atoms with Crippen molar-refractivity contribution < 1.29 is 25.9 Å². The maximum atomic E-state index is 8.81. The molecular weight excluding hydrogens is 236 g/mol. The number of carbonyl (C=O) groups excluding carboxylic acids is 1. The van der Waals surface area contributed by atoms with Crippen LogP contribution >= 0.6 is 0 Å². The van der Waals surface area contributed by atoms with Crippen molar-refractivity contribution in [2.24, 2.45) is 0 Å². The fourth-order valence-electron chi connectivity index (χ4n) is 0. The molecule has 0 saturated carbocycles. The van der Waals surface area contributed by atoms with Crippen molar-refractivity contribution in [3.63, 3.8) is 0 Å². The Morgan fingerprint density at radius 2 is 2.00 bits per heavy atom. The SMILES string of the molecule is C#C[C-]=O.[W+2]. The molecule has 0 heterocycles. The van der Waals surface area contributed by atoms with E-state index in [0.29, 0.717) is 0 Å². The average molecular weight is 237 g/mol. The van der Waals surface area contributed by atoms with E-state index < -0.39 is 0 Å². The van der Waals surface area contributed by atoms with Crippen LogP contribution in [0.25, 0.3) is 0 Å². The minimum atomic E-state index is 0. The molecule has 0 fully saturated rings. The standard InChI is InChI=1S/C3HO.W/c1-2-3-4;/h1H;/q-1;+2. The molecule has 0 aliphatic rings. The molecule has 0 aliphatic carbocycles. The van der Waals surface area contributed by atoms with Gasteiger partial charge in [0, 0.05) is 6.29 Å². The summed E-state index contributed by atoms with van der Waals surface area (Å²) in [4.78, 5) is 8.81. The quantitative estimate of drug-likeness (QED) is 0.418. The van der Waals surface area contributed by atoms with E-state index in [9.17, 15) is 0 Å². The number of terminal acetylenes is 1. The van der Waals surface area contributed by atoms with Crippen LogP contribution in [0.4, 0.5) is 0 Å². The minimum absolute atomic E-state index is 0. The van der Waals surface area contributed by atoms with Crippen LogP contribution in [0.5, 0.6) is 0 Å². The second-order valence-electron chi connectivity index (χ2n) is 0.246. The van der Waals surface area contributed by atoms with Gasteiger partial charge in [0.1, 0.15) is 0 Å². The van der Waals surface area contributed by atoms with Crippen LogP contribution in [0.2, 0.25) is 0 Å². The molecule has 5 heavy (non-hydrogen) atoms. The summed E-state index contributed by atoms with van der Waals surface area (Å²) in [6.45, 7) is 0. The maximum absolute atomic E-state index is 8.81. The van der Waals surface area contributed by atoms with Gasteiger partial charge in [-0.15, -0.1) is 0 Å². The summed E-state index contributed by atoms with van der Waals surface area (Å²) >= 11 is 0. The predicted octanol–water partition coefficient (Wildman–Crippen LogP) is -0.273. The predicted molar refractivity (Wildman–Crippen MR) is 14.5 cm³/mol. The smallest absolute Gasteiger partial charge is 0.409 e. The normalized spacial score (nSPS) is 3.00. The second kappa shape index (κ2) is 9.07. The zero-order valence-electron chi connectivity index (χ0n) is 2.39. The molecule has 0 rings (SSSR count). The van der Waals surface area contributed by atoms with E-state index in [2.05, 4.69) is 6.42 Å². The summed E-state index contributed by atoms with van der Waals surface area (Å²) in [5.41, 5.74) is 0. The molecule has 0 aromatic rings. The molecule has 0 radical (unpaired) electrons. The van der Waals surface area contributed by atoms with Crippen molar-refractivity contribution in [1.82, 2.24) is 0 Å². The van der Waals surface area contributed by atoms with Gasteiger partial charge in [0.25, 0.3) is 0 Å². The van der Waals surface area contributed by atoms with Gasteiger partial charge in [-0.2, -0.15) is 0 Å². The van der Waals surface area contributed by atoms with Gasteiger partial charge < -0.3 is 11.2 Å². The molecule has 0 atom stereocenters. The molecule has 0 spiro atoms. The topological polar surface area (TPSA) is 17.1 Å². The minimum Gasteiger partial charge on any atom is -0.409 e. The van der Waals surface area contributed by atoms with Crippen molar-refractivity contribution >= 4 is 6.29 Å². The Kier molecular flexibility index (Phi) is 16.1. The molecular formula is C3HOW+. The van der Waals surface area contributed by atoms with Gasteiger partial charge in [-0.05, 0) is 0 Å². The van der Waals surface area contributed by atoms with E-state index in [1.54, 1.807) is 5.92 Å². The van der Waals surface area contributed by atoms with Crippen molar-refractivity contribution in [2.75, 3.05) is 0 Å². The van der Waals surface area contributed by atoms with Crippen LogP contribution in [0.15, 0.2) is 0 Å². The number of rotatable bonds is 0. The molecule has 0 unspecified atom stereocenters. The third-order valence-electron chi connectivity index (χ3n) is 0.0589. The molecule has 0 amide bonds. The zero-order chi connectivity index (χ0) is 3.41. The van der Waals surface area contributed by atoms with Gasteiger partial charge in [0.2, 0.25) is 0 Å². The van der Waals surface area contributed by atoms with Crippen molar-refractivity contribution in [3.8, 4) is 12.3 Å². The largest absolute Gasteiger partial charge is 2.00 e. The van der Waals surface area contributed by atoms with Gasteiger partial charge in [-0.25, -0.2) is 0 Å². The van der Waals surface area contributed by atoms with Crippen LogP contribution in [0.1, 0.15) is 0 Å². The zero-order valence-corrected chi connectivity index (χ0v) is 5.33. The first-order valence-electron chi connectivity index (χ1n) is 0.743. The van der Waals surface area contributed by atoms with E-state index in [4.69, 9.17) is 4.79 Å². The Morgan fingerprint density at radius 1 is 1.80 bits per heavy atom. The Bertz CT molecular complexity index is 52.4. The molecule has 0 aliphatic heterocycles. The summed E-state index contributed by atoms with van der Waals surface area (Å²) in [6.07, 6.45) is 5.56. The van der Waals surface area contributed by atoms with Gasteiger partial charge >= 0.3 is 21.1 Å². The monoisotopic (exact) mass is 237 g/mol. The number of hydrogen-bond donors (Lipinski definition) is 0. The molecule has 0 saturated heterocycles. The Hall–Kier alpha value is -0.0817. The van der Waals surface area contributed by atoms with E-state index >= 15 is 0 Å². The maximum Gasteiger partial charge on any atom is 2.00 e. The van der Waals surface area contributed by atoms with E-state index in [0.717, 1.165) is 0 Å². The van der Waals surface area contributed by atoms with Crippen LogP contribution in [0.3, 0.4) is 0 Å². The van der Waals surface area contributed by atoms with Crippen LogP contribution < -0.4 is 0 Å². The van der Waals surface area contributed by atoms with Crippen molar-refractivity contribution in [1.29, 1.82) is 0 Å². The average Bonchev–Trinajstić information content (AvgIpc) is 1.37. The van der Waals surface area contributed by atoms with Crippen LogP contribution in [-0.2, 0) is 25.9 Å². The molecule has 24 valence electrons. The van der Waals surface area contributed by atoms with Crippen molar-refractivity contribution in [3.05, 3.63) is 0 Å². The first-order chi connectivity index (χ1) is 1.91. The Morgan fingerprint density at radius 3 is 2.00 bits per heavy atom. The third kappa shape index (κ3) is 17.1. The van der Waals surface area contributed by atoms with Gasteiger partial charge in [-0.3, -0.25) is 5.92 Å². The summed E-state index contributed by atoms with van der Waals surface area (Å²) in [5, 5.41) is 0. The summed E-state index contributed by atoms with van der Waals surface area (Å²) in [6, 6.07) is 0. The molecule has 2 heteroatoms. The van der Waals surface area contributed by atoms with Gasteiger partial charge in [0.05, 0.1) is 0 Å². The molecule has 0 bridgehead atoms. The summed E-state index contributed by atoms with van der Waals surface area (Å²) in [7, 11) is 0. The van der Waals surface area contributed by atoms with Crippen LogP contribution in [-0.4, -0.2) is 6.29 Å². The third-order valence-corrected chi connectivity index (χ3v) is 0.0589. The second-order valence-corrected chi connectivity index (χ2v) is 0.246. The molecule has 1 nitrogen and oxygen atoms in total. The van der Waals surface area contributed by atoms with Gasteiger partial charge in [0.15, 0.2) is 0 Å². The fourth-order valence-corrected chi connectivity index (χ4v) is 0. The fraction of sp³-hybridized carbons (Fsp3) is 0. The van der Waals surface area contributed by atoms with Crippen molar-refractivity contribution in [2.45, 2.75) is 0 Å². The Labute approximate surface area is 45.0 Å². The van der Waals surface area contributed by atoms with E-state index in [1.807, 2.05) is 0 Å². The Balaban J connectivity index is 0. The number of hydrogen-bond acceptors (Lipinski definition) is 1. The summed E-state index contributed by atoms with van der Waals surface area (Å²) in [5.74, 6) is 1.62. The molecule has 0 N–H and O–H groups in total. The first kappa shape index (κ1) is 8.87. The first-order valence-corrected chi connectivity index (χ1v) is 0.743. The summed E-state index contributed by atoms with van der Waals surface area (Å²) < 4.78 is 0. The van der Waals surface area contributed by atoms with Gasteiger partial charge in [-0.1, -0.05) is 0 Å². The molecule has 0 aromatic heterocycles. The van der Waals surface area contributed by atoms with E-state index in [1.165, 1.54) is 6.29 Å². The molecule has 0 aromatic carbocycles.